The van der Waals surface area contributed by atoms with Gasteiger partial charge in [-0.05, 0) is 23.6 Å². The Balaban J connectivity index is 2.07. The molecule has 2 N–H and O–H groups in total. The highest BCUT2D eigenvalue weighted by atomic mass is 16.6. The molecule has 0 fully saturated rings. The predicted molar refractivity (Wildman–Crippen MR) is 87.7 cm³/mol. The lowest BCUT2D eigenvalue weighted by molar-refractivity contribution is -0.384. The summed E-state index contributed by atoms with van der Waals surface area (Å²) in [6.45, 7) is 4.02. The van der Waals surface area contributed by atoms with E-state index in [4.69, 9.17) is 0 Å². The van der Waals surface area contributed by atoms with Crippen molar-refractivity contribution in [3.8, 4) is 0 Å². The molecule has 0 saturated carbocycles. The van der Waals surface area contributed by atoms with Gasteiger partial charge in [0.05, 0.1) is 11.0 Å². The molecule has 0 radical (unpaired) electrons. The zero-order chi connectivity index (χ0) is 16.8. The molecule has 23 heavy (non-hydrogen) atoms. The van der Waals surface area contributed by atoms with Crippen LogP contribution in [-0.2, 0) is 0 Å². The molecule has 0 aliphatic carbocycles. The van der Waals surface area contributed by atoms with Crippen LogP contribution in [0.25, 0.3) is 0 Å². The second-order valence-corrected chi connectivity index (χ2v) is 5.53. The van der Waals surface area contributed by atoms with E-state index in [0.717, 1.165) is 5.56 Å². The van der Waals surface area contributed by atoms with Gasteiger partial charge in [0.1, 0.15) is 0 Å². The molecule has 0 aliphatic heterocycles. The average Bonchev–Trinajstić information content (AvgIpc) is 2.55. The average molecular weight is 313 g/mol. The van der Waals surface area contributed by atoms with Crippen molar-refractivity contribution in [2.24, 2.45) is 5.92 Å². The predicted octanol–water partition coefficient (Wildman–Crippen LogP) is 3.23. The number of nitro groups is 1. The van der Waals surface area contributed by atoms with E-state index in [1.165, 1.54) is 12.1 Å². The number of rotatable bonds is 6. The van der Waals surface area contributed by atoms with Crippen LogP contribution in [0.2, 0.25) is 0 Å². The highest BCUT2D eigenvalue weighted by Gasteiger charge is 2.18. The van der Waals surface area contributed by atoms with Crippen LogP contribution in [0.5, 0.6) is 0 Å². The van der Waals surface area contributed by atoms with E-state index in [0.29, 0.717) is 5.56 Å². The van der Waals surface area contributed by atoms with E-state index in [-0.39, 0.29) is 23.6 Å². The summed E-state index contributed by atoms with van der Waals surface area (Å²) >= 11 is 0. The van der Waals surface area contributed by atoms with Crippen molar-refractivity contribution in [2.75, 3.05) is 0 Å². The molecule has 0 spiro atoms. The van der Waals surface area contributed by atoms with E-state index in [1.54, 1.807) is 36.4 Å². The molecule has 6 heteroatoms. The van der Waals surface area contributed by atoms with Crippen LogP contribution in [0.4, 0.5) is 5.69 Å². The summed E-state index contributed by atoms with van der Waals surface area (Å²) in [6, 6.07) is 15.1. The molecule has 120 valence electrons. The van der Waals surface area contributed by atoms with Crippen molar-refractivity contribution < 1.29 is 9.72 Å². The highest BCUT2D eigenvalue weighted by Crippen LogP contribution is 2.23. The van der Waals surface area contributed by atoms with Gasteiger partial charge in [-0.3, -0.25) is 20.3 Å². The Labute approximate surface area is 134 Å². The largest absolute Gasteiger partial charge is 0.287 e. The lowest BCUT2D eigenvalue weighted by Crippen LogP contribution is -2.41. The zero-order valence-electron chi connectivity index (χ0n) is 13.0. The Bertz CT molecular complexity index is 669. The summed E-state index contributed by atoms with van der Waals surface area (Å²) < 4.78 is 0. The van der Waals surface area contributed by atoms with Gasteiger partial charge in [0.25, 0.3) is 11.6 Å². The third kappa shape index (κ3) is 4.37. The molecule has 2 rings (SSSR count). The fourth-order valence-electron chi connectivity index (χ4n) is 2.24. The topological polar surface area (TPSA) is 84.3 Å². The molecular weight excluding hydrogens is 294 g/mol. The number of hydrogen-bond donors (Lipinski definition) is 2. The van der Waals surface area contributed by atoms with Crippen LogP contribution in [0.15, 0.2) is 54.6 Å². The van der Waals surface area contributed by atoms with Crippen LogP contribution in [-0.4, -0.2) is 10.8 Å². The number of non-ortho nitro benzene ring substituents is 1. The smallest absolute Gasteiger partial charge is 0.269 e. The summed E-state index contributed by atoms with van der Waals surface area (Å²) in [6.07, 6.45) is 0. The summed E-state index contributed by atoms with van der Waals surface area (Å²) in [7, 11) is 0. The normalized spacial score (nSPS) is 12.0. The van der Waals surface area contributed by atoms with Gasteiger partial charge in [0.2, 0.25) is 0 Å². The van der Waals surface area contributed by atoms with Crippen LogP contribution >= 0.6 is 0 Å². The molecule has 0 aliphatic rings. The SMILES string of the molecule is CC(C)C(NNC(=O)c1ccccc1)c1ccc([N+](=O)[O-])cc1. The summed E-state index contributed by atoms with van der Waals surface area (Å²) in [5.41, 5.74) is 7.19. The molecular formula is C17H19N3O3. The maximum absolute atomic E-state index is 12.1. The molecule has 0 saturated heterocycles. The fraction of sp³-hybridized carbons (Fsp3) is 0.235. The summed E-state index contributed by atoms with van der Waals surface area (Å²) in [5, 5.41) is 10.7. The Hall–Kier alpha value is -2.73. The van der Waals surface area contributed by atoms with Crippen molar-refractivity contribution in [3.63, 3.8) is 0 Å². The third-order valence-electron chi connectivity index (χ3n) is 3.51. The molecule has 2 aromatic rings. The van der Waals surface area contributed by atoms with Crippen LogP contribution in [0.1, 0.15) is 35.8 Å². The number of carbonyl (C=O) groups is 1. The molecule has 0 aromatic heterocycles. The molecule has 0 bridgehead atoms. The summed E-state index contributed by atoms with van der Waals surface area (Å²) in [5.74, 6) is -0.0364. The van der Waals surface area contributed by atoms with Gasteiger partial charge in [-0.2, -0.15) is 0 Å². The molecule has 6 nitrogen and oxygen atoms in total. The maximum Gasteiger partial charge on any atom is 0.269 e. The quantitative estimate of drug-likeness (QED) is 0.633. The van der Waals surface area contributed by atoms with Crippen molar-refractivity contribution in [1.82, 2.24) is 10.9 Å². The number of hydrogen-bond acceptors (Lipinski definition) is 4. The van der Waals surface area contributed by atoms with Gasteiger partial charge in [0, 0.05) is 17.7 Å². The molecule has 1 atom stereocenters. The number of nitrogens with zero attached hydrogens (tertiary/aromatic N) is 1. The monoisotopic (exact) mass is 313 g/mol. The Morgan fingerprint density at radius 1 is 1.04 bits per heavy atom. The molecule has 1 amide bonds. The van der Waals surface area contributed by atoms with Gasteiger partial charge in [-0.15, -0.1) is 0 Å². The molecule has 0 heterocycles. The van der Waals surface area contributed by atoms with Crippen molar-refractivity contribution in [1.29, 1.82) is 0 Å². The molecule has 1 unspecified atom stereocenters. The first-order chi connectivity index (χ1) is 11.0. The van der Waals surface area contributed by atoms with Gasteiger partial charge in [0.15, 0.2) is 0 Å². The highest BCUT2D eigenvalue weighted by molar-refractivity contribution is 5.93. The number of hydrazine groups is 1. The first-order valence-electron chi connectivity index (χ1n) is 7.34. The molecule has 2 aromatic carbocycles. The number of nitrogens with one attached hydrogen (secondary N) is 2. The van der Waals surface area contributed by atoms with Crippen molar-refractivity contribution in [2.45, 2.75) is 19.9 Å². The number of benzene rings is 2. The minimum Gasteiger partial charge on any atom is -0.287 e. The summed E-state index contributed by atoms with van der Waals surface area (Å²) in [4.78, 5) is 22.4. The van der Waals surface area contributed by atoms with E-state index in [9.17, 15) is 14.9 Å². The minimum atomic E-state index is -0.432. The van der Waals surface area contributed by atoms with E-state index in [1.807, 2.05) is 19.9 Å². The Morgan fingerprint density at radius 3 is 2.17 bits per heavy atom. The minimum absolute atomic E-state index is 0.0459. The van der Waals surface area contributed by atoms with Crippen molar-refractivity contribution in [3.05, 3.63) is 75.8 Å². The Morgan fingerprint density at radius 2 is 1.65 bits per heavy atom. The van der Waals surface area contributed by atoms with Crippen LogP contribution < -0.4 is 10.9 Å². The van der Waals surface area contributed by atoms with Gasteiger partial charge in [-0.25, -0.2) is 5.43 Å². The number of amides is 1. The van der Waals surface area contributed by atoms with Crippen LogP contribution in [0, 0.1) is 16.0 Å². The Kier molecular flexibility index (Phi) is 5.43. The second kappa shape index (κ2) is 7.51. The number of carbonyl (C=O) groups excluding carboxylic acids is 1. The maximum atomic E-state index is 12.1. The van der Waals surface area contributed by atoms with E-state index >= 15 is 0 Å². The first kappa shape index (κ1) is 16.6. The van der Waals surface area contributed by atoms with Gasteiger partial charge in [-0.1, -0.05) is 44.2 Å². The zero-order valence-corrected chi connectivity index (χ0v) is 13.0. The standard InChI is InChI=1S/C17H19N3O3/c1-12(2)16(13-8-10-15(11-9-13)20(22)23)18-19-17(21)14-6-4-3-5-7-14/h3-12,16,18H,1-2H3,(H,19,21). The first-order valence-corrected chi connectivity index (χ1v) is 7.34. The van der Waals surface area contributed by atoms with Crippen molar-refractivity contribution >= 4 is 11.6 Å². The number of nitro benzene ring substituents is 1. The lowest BCUT2D eigenvalue weighted by atomic mass is 9.96. The second-order valence-electron chi connectivity index (χ2n) is 5.53. The fourth-order valence-corrected chi connectivity index (χ4v) is 2.24. The van der Waals surface area contributed by atoms with E-state index in [2.05, 4.69) is 10.9 Å². The van der Waals surface area contributed by atoms with Gasteiger partial charge < -0.3 is 0 Å². The van der Waals surface area contributed by atoms with Crippen LogP contribution in [0.3, 0.4) is 0 Å². The van der Waals surface area contributed by atoms with Gasteiger partial charge >= 0.3 is 0 Å². The lowest BCUT2D eigenvalue weighted by Gasteiger charge is -2.23. The van der Waals surface area contributed by atoms with E-state index < -0.39 is 4.92 Å². The third-order valence-corrected chi connectivity index (χ3v) is 3.51.